The third-order valence-electron chi connectivity index (χ3n) is 4.47. The molecule has 0 saturated heterocycles. The Morgan fingerprint density at radius 2 is 1.75 bits per heavy atom. The molecule has 1 atom stereocenters. The number of hydrogen-bond donors (Lipinski definition) is 0. The van der Waals surface area contributed by atoms with Crippen LogP contribution in [-0.4, -0.2) is 10.9 Å². The van der Waals surface area contributed by atoms with Gasteiger partial charge in [0, 0.05) is 17.2 Å². The van der Waals surface area contributed by atoms with Crippen molar-refractivity contribution in [2.24, 2.45) is 4.99 Å². The average molecular weight is 337 g/mol. The molecule has 4 heteroatoms. The molecule has 3 aromatic rings. The first-order valence-electron chi connectivity index (χ1n) is 8.04. The summed E-state index contributed by atoms with van der Waals surface area (Å²) in [6.07, 6.45) is 1.65. The number of aromatic nitrogens is 1. The van der Waals surface area contributed by atoms with Gasteiger partial charge in [-0.2, -0.15) is 0 Å². The van der Waals surface area contributed by atoms with Crippen molar-refractivity contribution in [2.75, 3.05) is 0 Å². The third-order valence-corrected chi connectivity index (χ3v) is 4.72. The lowest BCUT2D eigenvalue weighted by molar-refractivity contribution is 0.373. The van der Waals surface area contributed by atoms with Crippen molar-refractivity contribution in [3.63, 3.8) is 0 Å². The molecule has 4 rings (SSSR count). The van der Waals surface area contributed by atoms with Crippen LogP contribution in [0.2, 0.25) is 5.02 Å². The van der Waals surface area contributed by atoms with Gasteiger partial charge in [-0.05, 0) is 42.5 Å². The van der Waals surface area contributed by atoms with Crippen LogP contribution in [0.1, 0.15) is 34.9 Å². The molecule has 1 aromatic heterocycles. The van der Waals surface area contributed by atoms with E-state index >= 15 is 0 Å². The highest BCUT2D eigenvalue weighted by atomic mass is 35.5. The summed E-state index contributed by atoms with van der Waals surface area (Å²) >= 11 is 6.04. The van der Waals surface area contributed by atoms with Gasteiger partial charge in [-0.3, -0.25) is 0 Å². The number of halogens is 1. The van der Waals surface area contributed by atoms with Crippen LogP contribution in [0.5, 0.6) is 0 Å². The Morgan fingerprint density at radius 3 is 2.50 bits per heavy atom. The minimum absolute atomic E-state index is 0.287. The Hall–Kier alpha value is -2.39. The van der Waals surface area contributed by atoms with Crippen LogP contribution in [0.4, 0.5) is 5.69 Å². The smallest absolute Gasteiger partial charge is 0.163 e. The maximum absolute atomic E-state index is 6.04. The molecule has 0 spiro atoms. The summed E-state index contributed by atoms with van der Waals surface area (Å²) in [6.45, 7) is 1.94. The van der Waals surface area contributed by atoms with E-state index in [-0.39, 0.29) is 5.92 Å². The number of nitrogens with zero attached hydrogens (tertiary/aromatic N) is 2. The SMILES string of the molecule is Cc1noc2c1N=C(c1ccccc1)CC(c1ccc(Cl)cc1)C2. The number of rotatable bonds is 2. The first-order chi connectivity index (χ1) is 11.7. The Balaban J connectivity index is 1.80. The summed E-state index contributed by atoms with van der Waals surface area (Å²) in [5.74, 6) is 1.15. The maximum Gasteiger partial charge on any atom is 0.163 e. The minimum Gasteiger partial charge on any atom is -0.359 e. The van der Waals surface area contributed by atoms with Gasteiger partial charge < -0.3 is 4.52 Å². The molecule has 0 bridgehead atoms. The van der Waals surface area contributed by atoms with Crippen LogP contribution >= 0.6 is 11.6 Å². The second kappa shape index (κ2) is 6.25. The van der Waals surface area contributed by atoms with Gasteiger partial charge in [0.2, 0.25) is 0 Å². The molecule has 0 saturated carbocycles. The van der Waals surface area contributed by atoms with Gasteiger partial charge in [0.15, 0.2) is 5.76 Å². The molecular weight excluding hydrogens is 320 g/mol. The molecule has 0 radical (unpaired) electrons. The number of aryl methyl sites for hydroxylation is 1. The molecule has 120 valence electrons. The molecule has 24 heavy (non-hydrogen) atoms. The second-order valence-electron chi connectivity index (χ2n) is 6.12. The van der Waals surface area contributed by atoms with E-state index in [4.69, 9.17) is 21.1 Å². The van der Waals surface area contributed by atoms with Crippen LogP contribution < -0.4 is 0 Å². The highest BCUT2D eigenvalue weighted by Gasteiger charge is 2.25. The molecule has 2 heterocycles. The summed E-state index contributed by atoms with van der Waals surface area (Å²) in [5.41, 5.74) is 5.18. The zero-order chi connectivity index (χ0) is 16.5. The predicted molar refractivity (Wildman–Crippen MR) is 96.4 cm³/mol. The third kappa shape index (κ3) is 2.87. The van der Waals surface area contributed by atoms with Crippen molar-refractivity contribution in [2.45, 2.75) is 25.7 Å². The van der Waals surface area contributed by atoms with Gasteiger partial charge in [-0.25, -0.2) is 4.99 Å². The van der Waals surface area contributed by atoms with Gasteiger partial charge in [-0.15, -0.1) is 0 Å². The zero-order valence-electron chi connectivity index (χ0n) is 13.4. The van der Waals surface area contributed by atoms with Crippen molar-refractivity contribution in [1.29, 1.82) is 0 Å². The highest BCUT2D eigenvalue weighted by molar-refractivity contribution is 6.30. The lowest BCUT2D eigenvalue weighted by Gasteiger charge is -2.15. The van der Waals surface area contributed by atoms with Gasteiger partial charge in [0.1, 0.15) is 11.4 Å². The van der Waals surface area contributed by atoms with Crippen molar-refractivity contribution in [3.05, 3.63) is 82.2 Å². The fourth-order valence-corrected chi connectivity index (χ4v) is 3.31. The molecule has 2 aromatic carbocycles. The minimum atomic E-state index is 0.287. The predicted octanol–water partition coefficient (Wildman–Crippen LogP) is 5.49. The summed E-state index contributed by atoms with van der Waals surface area (Å²) in [7, 11) is 0. The number of hydrogen-bond acceptors (Lipinski definition) is 3. The van der Waals surface area contributed by atoms with Crippen molar-refractivity contribution in [3.8, 4) is 0 Å². The number of aliphatic imine (C=N–C) groups is 1. The van der Waals surface area contributed by atoms with Gasteiger partial charge >= 0.3 is 0 Å². The average Bonchev–Trinajstić information content (AvgIpc) is 2.84. The van der Waals surface area contributed by atoms with E-state index in [9.17, 15) is 0 Å². The van der Waals surface area contributed by atoms with E-state index in [0.717, 1.165) is 46.3 Å². The molecular formula is C20H17ClN2O. The van der Waals surface area contributed by atoms with Gasteiger partial charge in [0.05, 0.1) is 0 Å². The van der Waals surface area contributed by atoms with E-state index in [2.05, 4.69) is 29.4 Å². The normalized spacial score (nSPS) is 17.1. The first-order valence-corrected chi connectivity index (χ1v) is 8.42. The fourth-order valence-electron chi connectivity index (χ4n) is 3.18. The second-order valence-corrected chi connectivity index (χ2v) is 6.56. The van der Waals surface area contributed by atoms with Crippen LogP contribution in [-0.2, 0) is 6.42 Å². The summed E-state index contributed by atoms with van der Waals surface area (Å²) in [6, 6.07) is 18.4. The summed E-state index contributed by atoms with van der Waals surface area (Å²) in [5, 5.41) is 4.86. The largest absolute Gasteiger partial charge is 0.359 e. The molecule has 1 unspecified atom stereocenters. The number of benzene rings is 2. The summed E-state index contributed by atoms with van der Waals surface area (Å²) < 4.78 is 5.54. The van der Waals surface area contributed by atoms with Crippen molar-refractivity contribution >= 4 is 23.0 Å². The standard InChI is InChI=1S/C20H17ClN2O/c1-13-20-19(24-23-13)12-16(14-7-9-17(21)10-8-14)11-18(22-20)15-5-3-2-4-6-15/h2-10,16H,11-12H2,1H3. The van der Waals surface area contributed by atoms with Crippen LogP contribution in [0, 0.1) is 6.92 Å². The van der Waals surface area contributed by atoms with E-state index in [1.165, 1.54) is 5.56 Å². The van der Waals surface area contributed by atoms with Crippen molar-refractivity contribution in [1.82, 2.24) is 5.16 Å². The van der Waals surface area contributed by atoms with Gasteiger partial charge in [-0.1, -0.05) is 59.2 Å². The lowest BCUT2D eigenvalue weighted by Crippen LogP contribution is -2.09. The van der Waals surface area contributed by atoms with E-state index < -0.39 is 0 Å². The zero-order valence-corrected chi connectivity index (χ0v) is 14.1. The molecule has 0 fully saturated rings. The molecule has 1 aliphatic heterocycles. The van der Waals surface area contributed by atoms with E-state index in [0.29, 0.717) is 0 Å². The Bertz CT molecular complexity index is 882. The quantitative estimate of drug-likeness (QED) is 0.620. The Labute approximate surface area is 146 Å². The monoisotopic (exact) mass is 336 g/mol. The van der Waals surface area contributed by atoms with Gasteiger partial charge in [0.25, 0.3) is 0 Å². The molecule has 0 aliphatic carbocycles. The Morgan fingerprint density at radius 1 is 1.00 bits per heavy atom. The summed E-state index contributed by atoms with van der Waals surface area (Å²) in [4.78, 5) is 4.90. The maximum atomic E-state index is 6.04. The van der Waals surface area contributed by atoms with E-state index in [1.807, 2.05) is 37.3 Å². The van der Waals surface area contributed by atoms with E-state index in [1.54, 1.807) is 0 Å². The topological polar surface area (TPSA) is 38.4 Å². The van der Waals surface area contributed by atoms with Crippen LogP contribution in [0.25, 0.3) is 0 Å². The van der Waals surface area contributed by atoms with Crippen LogP contribution in [0.15, 0.2) is 64.1 Å². The van der Waals surface area contributed by atoms with Crippen LogP contribution in [0.3, 0.4) is 0 Å². The lowest BCUT2D eigenvalue weighted by atomic mass is 9.88. The molecule has 0 N–H and O–H groups in total. The Kier molecular flexibility index (Phi) is 3.95. The first kappa shape index (κ1) is 15.2. The fraction of sp³-hybridized carbons (Fsp3) is 0.200. The highest BCUT2D eigenvalue weighted by Crippen LogP contribution is 2.36. The molecule has 3 nitrogen and oxygen atoms in total. The number of fused-ring (bicyclic) bond motifs is 1. The molecule has 0 amide bonds. The molecule has 1 aliphatic rings. The van der Waals surface area contributed by atoms with Crippen molar-refractivity contribution < 1.29 is 4.52 Å².